The summed E-state index contributed by atoms with van der Waals surface area (Å²) in [6, 6.07) is 16.9. The van der Waals surface area contributed by atoms with Crippen LogP contribution >= 0.6 is 31.9 Å². The first-order valence-corrected chi connectivity index (χ1v) is 12.5. The van der Waals surface area contributed by atoms with Gasteiger partial charge in [0.1, 0.15) is 5.65 Å². The molecule has 2 aromatic carbocycles. The van der Waals surface area contributed by atoms with Gasteiger partial charge < -0.3 is 4.57 Å². The van der Waals surface area contributed by atoms with Crippen LogP contribution in [0.3, 0.4) is 0 Å². The van der Waals surface area contributed by atoms with Crippen molar-refractivity contribution < 1.29 is 4.79 Å². The third kappa shape index (κ3) is 3.62. The minimum atomic E-state index is 0.224. The second kappa shape index (κ2) is 8.44. The molecular formula is C26H24Br2N2O. The van der Waals surface area contributed by atoms with Crippen LogP contribution < -0.4 is 0 Å². The monoisotopic (exact) mass is 538 g/mol. The summed E-state index contributed by atoms with van der Waals surface area (Å²) in [4.78, 5) is 13.4. The highest BCUT2D eigenvalue weighted by Crippen LogP contribution is 2.40. The first-order chi connectivity index (χ1) is 15.1. The van der Waals surface area contributed by atoms with Crippen molar-refractivity contribution in [2.75, 3.05) is 0 Å². The van der Waals surface area contributed by atoms with E-state index < -0.39 is 0 Å². The highest BCUT2D eigenvalue weighted by molar-refractivity contribution is 9.10. The lowest BCUT2D eigenvalue weighted by Crippen LogP contribution is -2.04. The molecule has 3 heterocycles. The van der Waals surface area contributed by atoms with Crippen molar-refractivity contribution in [3.05, 3.63) is 74.9 Å². The van der Waals surface area contributed by atoms with E-state index in [2.05, 4.69) is 102 Å². The molecule has 0 fully saturated rings. The summed E-state index contributed by atoms with van der Waals surface area (Å²) in [6.45, 7) is 3.05. The fourth-order valence-electron chi connectivity index (χ4n) is 4.78. The third-order valence-corrected chi connectivity index (χ3v) is 7.21. The van der Waals surface area contributed by atoms with E-state index in [1.54, 1.807) is 0 Å². The van der Waals surface area contributed by atoms with Crippen LogP contribution in [0.4, 0.5) is 0 Å². The first kappa shape index (κ1) is 20.8. The van der Waals surface area contributed by atoms with Crippen molar-refractivity contribution in [1.29, 1.82) is 0 Å². The molecule has 1 aliphatic rings. The van der Waals surface area contributed by atoms with Crippen LogP contribution in [0.1, 0.15) is 48.7 Å². The van der Waals surface area contributed by atoms with E-state index in [0.717, 1.165) is 58.0 Å². The molecule has 1 aliphatic heterocycles. The maximum atomic E-state index is 13.4. The average Bonchev–Trinajstić information content (AvgIpc) is 3.18. The number of rotatable bonds is 5. The van der Waals surface area contributed by atoms with Gasteiger partial charge in [0, 0.05) is 39.2 Å². The zero-order valence-electron chi connectivity index (χ0n) is 17.5. The number of halogens is 2. The van der Waals surface area contributed by atoms with Gasteiger partial charge >= 0.3 is 0 Å². The summed E-state index contributed by atoms with van der Waals surface area (Å²) >= 11 is 7.09. The Balaban J connectivity index is 1.83. The van der Waals surface area contributed by atoms with Crippen LogP contribution in [0.25, 0.3) is 28.0 Å². The number of carbonyl (C=O) groups is 1. The molecule has 3 nitrogen and oxygen atoms in total. The number of ketones is 1. The Kier molecular flexibility index (Phi) is 5.65. The van der Waals surface area contributed by atoms with Gasteiger partial charge in [0.05, 0.1) is 11.4 Å². The van der Waals surface area contributed by atoms with Gasteiger partial charge in [-0.15, -0.1) is 0 Å². The van der Waals surface area contributed by atoms with E-state index in [9.17, 15) is 4.79 Å². The van der Waals surface area contributed by atoms with Gasteiger partial charge in [-0.2, -0.15) is 0 Å². The number of aromatic nitrogens is 2. The molecule has 0 aliphatic carbocycles. The summed E-state index contributed by atoms with van der Waals surface area (Å²) in [7, 11) is 0. The predicted octanol–water partition coefficient (Wildman–Crippen LogP) is 7.92. The highest BCUT2D eigenvalue weighted by atomic mass is 79.9. The van der Waals surface area contributed by atoms with Gasteiger partial charge in [-0.05, 0) is 61.1 Å². The second-order valence-electron chi connectivity index (χ2n) is 8.21. The van der Waals surface area contributed by atoms with Crippen molar-refractivity contribution in [2.24, 2.45) is 0 Å². The minimum absolute atomic E-state index is 0.224. The Morgan fingerprint density at radius 3 is 2.23 bits per heavy atom. The lowest BCUT2D eigenvalue weighted by Gasteiger charge is -2.09. The van der Waals surface area contributed by atoms with Gasteiger partial charge in [0.25, 0.3) is 0 Å². The topological polar surface area (TPSA) is 26.4 Å². The summed E-state index contributed by atoms with van der Waals surface area (Å²) in [5.74, 6) is 0.224. The Labute approximate surface area is 199 Å². The number of hydrogen-bond donors (Lipinski definition) is 0. The molecule has 0 amide bonds. The molecule has 0 radical (unpaired) electrons. The molecule has 5 heteroatoms. The molecule has 0 atom stereocenters. The van der Waals surface area contributed by atoms with Crippen molar-refractivity contribution in [3.8, 4) is 22.4 Å². The number of Topliss-reactive ketones (excluding diaryl/α,β-unsaturated/α-hetero) is 1. The largest absolute Gasteiger partial charge is 0.325 e. The Hall–Kier alpha value is -2.11. The van der Waals surface area contributed by atoms with Crippen LogP contribution in [0.5, 0.6) is 0 Å². The lowest BCUT2D eigenvalue weighted by molar-refractivity contribution is 0.0977. The summed E-state index contributed by atoms with van der Waals surface area (Å²) in [6.07, 6.45) is 6.86. The Morgan fingerprint density at radius 2 is 1.58 bits per heavy atom. The maximum Gasteiger partial charge on any atom is 0.180 e. The molecule has 5 rings (SSSR count). The van der Waals surface area contributed by atoms with E-state index in [0.29, 0.717) is 6.42 Å². The van der Waals surface area contributed by atoms with Gasteiger partial charge in [-0.1, -0.05) is 63.0 Å². The molecule has 0 N–H and O–H groups in total. The third-order valence-electron chi connectivity index (χ3n) is 6.15. The highest BCUT2D eigenvalue weighted by Gasteiger charge is 2.29. The quantitative estimate of drug-likeness (QED) is 0.236. The number of aryl methyl sites for hydroxylation is 2. The number of carbonyl (C=O) groups excluding carboxylic acids is 1. The Morgan fingerprint density at radius 1 is 0.935 bits per heavy atom. The number of benzene rings is 2. The maximum absolute atomic E-state index is 13.4. The average molecular weight is 540 g/mol. The van der Waals surface area contributed by atoms with Crippen LogP contribution in [0.15, 0.2) is 63.7 Å². The van der Waals surface area contributed by atoms with E-state index in [-0.39, 0.29) is 5.78 Å². The molecular weight excluding hydrogens is 516 g/mol. The molecule has 0 saturated carbocycles. The first-order valence-electron chi connectivity index (χ1n) is 10.9. The normalized spacial score (nSPS) is 13.5. The number of nitrogens with zero attached hydrogens (tertiary/aromatic N) is 2. The van der Waals surface area contributed by atoms with Crippen LogP contribution in [-0.4, -0.2) is 14.8 Å². The summed E-state index contributed by atoms with van der Waals surface area (Å²) < 4.78 is 6.74. The molecule has 0 unspecified atom stereocenters. The van der Waals surface area contributed by atoms with Gasteiger partial charge in [0.2, 0.25) is 0 Å². The van der Waals surface area contributed by atoms with E-state index in [1.807, 2.05) is 0 Å². The summed E-state index contributed by atoms with van der Waals surface area (Å²) in [5, 5.41) is 0. The van der Waals surface area contributed by atoms with Crippen molar-refractivity contribution in [3.63, 3.8) is 0 Å². The van der Waals surface area contributed by atoms with E-state index in [1.165, 1.54) is 22.5 Å². The Bertz CT molecular complexity index is 1260. The summed E-state index contributed by atoms with van der Waals surface area (Å²) in [5.41, 5.74) is 7.94. The zero-order valence-corrected chi connectivity index (χ0v) is 20.7. The second-order valence-corrected chi connectivity index (χ2v) is 10.0. The molecule has 158 valence electrons. The predicted molar refractivity (Wildman–Crippen MR) is 134 cm³/mol. The number of hydrogen-bond acceptors (Lipinski definition) is 1. The van der Waals surface area contributed by atoms with Crippen molar-refractivity contribution in [1.82, 2.24) is 8.97 Å². The zero-order chi connectivity index (χ0) is 21.5. The van der Waals surface area contributed by atoms with E-state index >= 15 is 0 Å². The molecule has 4 aromatic rings. The van der Waals surface area contributed by atoms with E-state index in [4.69, 9.17) is 0 Å². The van der Waals surface area contributed by atoms with Crippen LogP contribution in [0.2, 0.25) is 0 Å². The van der Waals surface area contributed by atoms with Gasteiger partial charge in [0.15, 0.2) is 5.78 Å². The van der Waals surface area contributed by atoms with Crippen LogP contribution in [0, 0.1) is 0 Å². The molecule has 0 bridgehead atoms. The SMILES string of the molecule is CCCC(=O)c1c(-c2ccc(Br)cc2)c2c3n(c(-c4ccc(Br)cc4)cn13)CCCC2. The fraction of sp³-hybridized carbons (Fsp3) is 0.269. The fourth-order valence-corrected chi connectivity index (χ4v) is 5.31. The van der Waals surface area contributed by atoms with Gasteiger partial charge in [-0.25, -0.2) is 0 Å². The minimum Gasteiger partial charge on any atom is -0.325 e. The van der Waals surface area contributed by atoms with Gasteiger partial charge in [-0.3, -0.25) is 9.20 Å². The van der Waals surface area contributed by atoms with Crippen molar-refractivity contribution >= 4 is 43.3 Å². The number of imidazole rings is 1. The molecule has 0 saturated heterocycles. The molecule has 2 aromatic heterocycles. The molecule has 0 spiro atoms. The molecule has 31 heavy (non-hydrogen) atoms. The standard InChI is InChI=1S/C26H24Br2N2O/c1-2-5-23(31)25-24(18-9-13-20(28)14-10-18)21-6-3-4-15-29-22(16-30(25)26(21)29)17-7-11-19(27)12-8-17/h7-14,16H,2-6,15H2,1H3. The smallest absolute Gasteiger partial charge is 0.180 e. The van der Waals surface area contributed by atoms with Crippen molar-refractivity contribution in [2.45, 2.75) is 45.6 Å². The van der Waals surface area contributed by atoms with Crippen LogP contribution in [-0.2, 0) is 13.0 Å². The lowest BCUT2D eigenvalue weighted by atomic mass is 9.96.